The van der Waals surface area contributed by atoms with Crippen LogP contribution in [0.5, 0.6) is 0 Å². The zero-order chi connectivity index (χ0) is 14.6. The van der Waals surface area contributed by atoms with E-state index >= 15 is 0 Å². The molecule has 1 N–H and O–H groups in total. The van der Waals surface area contributed by atoms with Crippen molar-refractivity contribution in [3.8, 4) is 0 Å². The molecule has 114 valence electrons. The van der Waals surface area contributed by atoms with Crippen LogP contribution in [0.1, 0.15) is 64.4 Å². The summed E-state index contributed by atoms with van der Waals surface area (Å²) in [6.07, 6.45) is 9.86. The van der Waals surface area contributed by atoms with E-state index in [0.29, 0.717) is 6.04 Å². The van der Waals surface area contributed by atoms with Crippen LogP contribution in [0.25, 0.3) is 0 Å². The van der Waals surface area contributed by atoms with Gasteiger partial charge in [0, 0.05) is 6.04 Å². The fraction of sp³-hybridized carbons (Fsp3) is 0.667. The molecule has 1 rings (SSSR count). The number of unbranched alkanes of at least 4 members (excludes halogenated alkanes) is 4. The molecular weight excluding hydrogens is 249 g/mol. The third-order valence-electron chi connectivity index (χ3n) is 3.71. The van der Waals surface area contributed by atoms with E-state index in [2.05, 4.69) is 19.2 Å². The van der Waals surface area contributed by atoms with Crippen molar-refractivity contribution in [2.75, 3.05) is 6.54 Å². The van der Waals surface area contributed by atoms with Crippen LogP contribution >= 0.6 is 0 Å². The van der Waals surface area contributed by atoms with E-state index in [1.165, 1.54) is 44.6 Å². The Balaban J connectivity index is 2.38. The van der Waals surface area contributed by atoms with Crippen LogP contribution < -0.4 is 5.32 Å². The van der Waals surface area contributed by atoms with Gasteiger partial charge in [0.15, 0.2) is 0 Å². The van der Waals surface area contributed by atoms with Gasteiger partial charge in [-0.15, -0.1) is 0 Å². The smallest absolute Gasteiger partial charge is 0.123 e. The molecule has 0 aliphatic rings. The quantitative estimate of drug-likeness (QED) is 0.556. The van der Waals surface area contributed by atoms with Crippen molar-refractivity contribution in [2.45, 2.75) is 71.3 Å². The van der Waals surface area contributed by atoms with Gasteiger partial charge >= 0.3 is 0 Å². The first-order valence-electron chi connectivity index (χ1n) is 8.24. The molecule has 0 fully saturated rings. The first kappa shape index (κ1) is 17.2. The summed E-state index contributed by atoms with van der Waals surface area (Å²) >= 11 is 0. The number of benzene rings is 1. The van der Waals surface area contributed by atoms with E-state index in [4.69, 9.17) is 0 Å². The first-order valence-corrected chi connectivity index (χ1v) is 8.24. The highest BCUT2D eigenvalue weighted by molar-refractivity contribution is 5.17. The summed E-state index contributed by atoms with van der Waals surface area (Å²) in [5.41, 5.74) is 1.10. The lowest BCUT2D eigenvalue weighted by Gasteiger charge is -2.18. The van der Waals surface area contributed by atoms with E-state index in [9.17, 15) is 4.39 Å². The van der Waals surface area contributed by atoms with Gasteiger partial charge in [-0.2, -0.15) is 0 Å². The highest BCUT2D eigenvalue weighted by Gasteiger charge is 2.09. The van der Waals surface area contributed by atoms with Gasteiger partial charge in [-0.3, -0.25) is 0 Å². The first-order chi connectivity index (χ1) is 9.76. The average Bonchev–Trinajstić information content (AvgIpc) is 2.44. The zero-order valence-corrected chi connectivity index (χ0v) is 13.1. The molecule has 0 heterocycles. The van der Waals surface area contributed by atoms with E-state index < -0.39 is 0 Å². The van der Waals surface area contributed by atoms with Crippen molar-refractivity contribution in [1.29, 1.82) is 0 Å². The summed E-state index contributed by atoms with van der Waals surface area (Å²) in [5, 5.41) is 3.61. The third-order valence-corrected chi connectivity index (χ3v) is 3.71. The van der Waals surface area contributed by atoms with E-state index in [0.717, 1.165) is 24.9 Å². The van der Waals surface area contributed by atoms with E-state index in [1.54, 1.807) is 6.07 Å². The lowest BCUT2D eigenvalue weighted by Crippen LogP contribution is -2.31. The molecule has 1 aromatic rings. The number of rotatable bonds is 11. The number of nitrogens with one attached hydrogen (secondary N) is 1. The summed E-state index contributed by atoms with van der Waals surface area (Å²) in [6, 6.07) is 7.50. The summed E-state index contributed by atoms with van der Waals surface area (Å²) in [4.78, 5) is 0. The predicted octanol–water partition coefficient (Wildman–Crippen LogP) is 5.10. The number of halogens is 1. The highest BCUT2D eigenvalue weighted by atomic mass is 19.1. The minimum atomic E-state index is -0.125. The summed E-state index contributed by atoms with van der Waals surface area (Å²) in [6.45, 7) is 5.48. The predicted molar refractivity (Wildman–Crippen MR) is 85.6 cm³/mol. The summed E-state index contributed by atoms with van der Waals surface area (Å²) in [7, 11) is 0. The van der Waals surface area contributed by atoms with Crippen molar-refractivity contribution < 1.29 is 4.39 Å². The van der Waals surface area contributed by atoms with Gasteiger partial charge in [0.2, 0.25) is 0 Å². The van der Waals surface area contributed by atoms with Crippen molar-refractivity contribution >= 4 is 0 Å². The van der Waals surface area contributed by atoms with Gasteiger partial charge < -0.3 is 5.32 Å². The largest absolute Gasteiger partial charge is 0.314 e. The zero-order valence-electron chi connectivity index (χ0n) is 13.1. The number of hydrogen-bond acceptors (Lipinski definition) is 1. The van der Waals surface area contributed by atoms with Crippen LogP contribution in [0.3, 0.4) is 0 Å². The summed E-state index contributed by atoms with van der Waals surface area (Å²) < 4.78 is 13.2. The average molecular weight is 279 g/mol. The van der Waals surface area contributed by atoms with Crippen LogP contribution in [0.2, 0.25) is 0 Å². The minimum Gasteiger partial charge on any atom is -0.314 e. The maximum absolute atomic E-state index is 13.2. The molecule has 0 spiro atoms. The standard InChI is InChI=1S/C18H30FN/c1-3-5-6-7-8-12-18(20-13-4-2)15-16-10-9-11-17(19)14-16/h9-11,14,18,20H,3-8,12-13,15H2,1-2H3. The second kappa shape index (κ2) is 10.8. The van der Waals surface area contributed by atoms with Gasteiger partial charge in [-0.05, 0) is 43.5 Å². The molecular formula is C18H30FN. The van der Waals surface area contributed by atoms with Crippen LogP contribution in [-0.2, 0) is 6.42 Å². The monoisotopic (exact) mass is 279 g/mol. The Morgan fingerprint density at radius 3 is 2.55 bits per heavy atom. The van der Waals surface area contributed by atoms with Crippen LogP contribution in [0, 0.1) is 5.82 Å². The molecule has 1 aromatic carbocycles. The van der Waals surface area contributed by atoms with Gasteiger partial charge in [-0.1, -0.05) is 58.1 Å². The molecule has 2 heteroatoms. The fourth-order valence-electron chi connectivity index (χ4n) is 2.57. The lowest BCUT2D eigenvalue weighted by molar-refractivity contribution is 0.450. The Kier molecular flexibility index (Phi) is 9.31. The fourth-order valence-corrected chi connectivity index (χ4v) is 2.57. The van der Waals surface area contributed by atoms with E-state index in [1.807, 2.05) is 12.1 Å². The maximum atomic E-state index is 13.2. The molecule has 1 nitrogen and oxygen atoms in total. The van der Waals surface area contributed by atoms with Crippen molar-refractivity contribution in [2.24, 2.45) is 0 Å². The van der Waals surface area contributed by atoms with Gasteiger partial charge in [0.1, 0.15) is 5.82 Å². The Morgan fingerprint density at radius 2 is 1.85 bits per heavy atom. The van der Waals surface area contributed by atoms with Gasteiger partial charge in [0.25, 0.3) is 0 Å². The maximum Gasteiger partial charge on any atom is 0.123 e. The van der Waals surface area contributed by atoms with Crippen LogP contribution in [-0.4, -0.2) is 12.6 Å². The van der Waals surface area contributed by atoms with Crippen molar-refractivity contribution in [1.82, 2.24) is 5.32 Å². The highest BCUT2D eigenvalue weighted by Crippen LogP contribution is 2.12. The molecule has 0 bridgehead atoms. The normalized spacial score (nSPS) is 12.6. The van der Waals surface area contributed by atoms with Gasteiger partial charge in [0.05, 0.1) is 0 Å². The molecule has 0 amide bonds. The number of hydrogen-bond donors (Lipinski definition) is 1. The minimum absolute atomic E-state index is 0.125. The molecule has 1 unspecified atom stereocenters. The lowest BCUT2D eigenvalue weighted by atomic mass is 9.99. The van der Waals surface area contributed by atoms with E-state index in [-0.39, 0.29) is 5.82 Å². The molecule has 0 aromatic heterocycles. The topological polar surface area (TPSA) is 12.0 Å². The molecule has 0 radical (unpaired) electrons. The molecule has 20 heavy (non-hydrogen) atoms. The summed E-state index contributed by atoms with van der Waals surface area (Å²) in [5.74, 6) is -0.125. The van der Waals surface area contributed by atoms with Crippen molar-refractivity contribution in [3.05, 3.63) is 35.6 Å². The second-order valence-electron chi connectivity index (χ2n) is 5.69. The van der Waals surface area contributed by atoms with Crippen molar-refractivity contribution in [3.63, 3.8) is 0 Å². The molecule has 1 atom stereocenters. The van der Waals surface area contributed by atoms with Gasteiger partial charge in [-0.25, -0.2) is 4.39 Å². The molecule has 0 aliphatic heterocycles. The van der Waals surface area contributed by atoms with Crippen LogP contribution in [0.15, 0.2) is 24.3 Å². The SMILES string of the molecule is CCCCCCCC(Cc1cccc(F)c1)NCCC. The Bertz CT molecular complexity index is 351. The molecule has 0 aliphatic carbocycles. The molecule has 0 saturated carbocycles. The second-order valence-corrected chi connectivity index (χ2v) is 5.69. The third kappa shape index (κ3) is 7.64. The Hall–Kier alpha value is -0.890. The van der Waals surface area contributed by atoms with Crippen LogP contribution in [0.4, 0.5) is 4.39 Å². The Morgan fingerprint density at radius 1 is 1.05 bits per heavy atom. The Labute approximate surface area is 124 Å². The molecule has 0 saturated heterocycles.